The SMILES string of the molecule is CCCC1(CC)CCC(C)(F)CC1. The second-order valence-electron chi connectivity index (χ2n) is 5.02. The maximum atomic E-state index is 13.6. The molecule has 1 aliphatic carbocycles. The van der Waals surface area contributed by atoms with Crippen molar-refractivity contribution in [2.75, 3.05) is 0 Å². The molecule has 0 unspecified atom stereocenters. The van der Waals surface area contributed by atoms with Crippen LogP contribution in [0.2, 0.25) is 0 Å². The van der Waals surface area contributed by atoms with Crippen LogP contribution in [-0.2, 0) is 0 Å². The van der Waals surface area contributed by atoms with Gasteiger partial charge in [-0.3, -0.25) is 0 Å². The van der Waals surface area contributed by atoms with E-state index in [1.807, 2.05) is 0 Å². The molecule has 0 radical (unpaired) electrons. The first kappa shape index (κ1) is 11.0. The summed E-state index contributed by atoms with van der Waals surface area (Å²) in [5.41, 5.74) is -0.382. The van der Waals surface area contributed by atoms with Crippen molar-refractivity contribution in [1.29, 1.82) is 0 Å². The van der Waals surface area contributed by atoms with Gasteiger partial charge in [0.05, 0.1) is 0 Å². The Bertz CT molecular complexity index is 151. The zero-order chi connectivity index (χ0) is 9.95. The Hall–Kier alpha value is -0.0700. The molecule has 0 saturated heterocycles. The van der Waals surface area contributed by atoms with Crippen LogP contribution in [0.1, 0.15) is 65.7 Å². The molecular weight excluding hydrogens is 163 g/mol. The van der Waals surface area contributed by atoms with Gasteiger partial charge in [-0.15, -0.1) is 0 Å². The van der Waals surface area contributed by atoms with Crippen LogP contribution in [0.3, 0.4) is 0 Å². The molecule has 0 nitrogen and oxygen atoms in total. The van der Waals surface area contributed by atoms with Crippen molar-refractivity contribution in [3.63, 3.8) is 0 Å². The molecule has 13 heavy (non-hydrogen) atoms. The minimum Gasteiger partial charge on any atom is -0.244 e. The monoisotopic (exact) mass is 186 g/mol. The minimum absolute atomic E-state index is 0.486. The van der Waals surface area contributed by atoms with Gasteiger partial charge in [-0.05, 0) is 44.4 Å². The van der Waals surface area contributed by atoms with Gasteiger partial charge in [-0.1, -0.05) is 26.7 Å². The third-order valence-corrected chi connectivity index (χ3v) is 3.88. The topological polar surface area (TPSA) is 0 Å². The lowest BCUT2D eigenvalue weighted by Crippen LogP contribution is -2.33. The number of alkyl halides is 1. The number of rotatable bonds is 3. The van der Waals surface area contributed by atoms with Crippen molar-refractivity contribution in [2.45, 2.75) is 71.4 Å². The van der Waals surface area contributed by atoms with Crippen LogP contribution in [0.4, 0.5) is 4.39 Å². The lowest BCUT2D eigenvalue weighted by atomic mass is 9.66. The summed E-state index contributed by atoms with van der Waals surface area (Å²) >= 11 is 0. The third-order valence-electron chi connectivity index (χ3n) is 3.88. The largest absolute Gasteiger partial charge is 0.244 e. The molecule has 0 amide bonds. The van der Waals surface area contributed by atoms with E-state index in [9.17, 15) is 4.39 Å². The Kier molecular flexibility index (Phi) is 3.37. The second-order valence-corrected chi connectivity index (χ2v) is 5.02. The van der Waals surface area contributed by atoms with E-state index in [4.69, 9.17) is 0 Å². The molecule has 1 fully saturated rings. The third kappa shape index (κ3) is 2.69. The highest BCUT2D eigenvalue weighted by molar-refractivity contribution is 4.90. The van der Waals surface area contributed by atoms with Crippen molar-refractivity contribution in [3.8, 4) is 0 Å². The Balaban J connectivity index is 2.52. The molecule has 0 heterocycles. The fraction of sp³-hybridized carbons (Fsp3) is 1.00. The summed E-state index contributed by atoms with van der Waals surface area (Å²) in [6.07, 6.45) is 7.53. The highest BCUT2D eigenvalue weighted by Crippen LogP contribution is 2.47. The van der Waals surface area contributed by atoms with Crippen LogP contribution in [0.5, 0.6) is 0 Å². The summed E-state index contributed by atoms with van der Waals surface area (Å²) in [6, 6.07) is 0. The predicted octanol–water partition coefficient (Wildman–Crippen LogP) is 4.49. The van der Waals surface area contributed by atoms with Gasteiger partial charge in [0.15, 0.2) is 0 Å². The maximum absolute atomic E-state index is 13.6. The Labute approximate surface area is 81.9 Å². The van der Waals surface area contributed by atoms with E-state index in [1.165, 1.54) is 19.3 Å². The van der Waals surface area contributed by atoms with Crippen molar-refractivity contribution in [1.82, 2.24) is 0 Å². The van der Waals surface area contributed by atoms with Crippen molar-refractivity contribution in [2.24, 2.45) is 5.41 Å². The molecule has 0 atom stereocenters. The summed E-state index contributed by atoms with van der Waals surface area (Å²) in [6.45, 7) is 6.26. The summed E-state index contributed by atoms with van der Waals surface area (Å²) < 4.78 is 13.6. The Morgan fingerprint density at radius 3 is 2.00 bits per heavy atom. The molecule has 0 aromatic heterocycles. The molecular formula is C12H23F. The standard InChI is InChI=1S/C12H23F/c1-4-6-12(5-2)9-7-11(3,13)8-10-12/h4-10H2,1-3H3. The van der Waals surface area contributed by atoms with Crippen LogP contribution in [0.25, 0.3) is 0 Å². The summed E-state index contributed by atoms with van der Waals surface area (Å²) in [7, 11) is 0. The molecule has 0 aromatic rings. The molecule has 0 N–H and O–H groups in total. The van der Waals surface area contributed by atoms with Crippen LogP contribution in [-0.4, -0.2) is 5.67 Å². The van der Waals surface area contributed by atoms with Gasteiger partial charge in [-0.25, -0.2) is 4.39 Å². The van der Waals surface area contributed by atoms with Gasteiger partial charge < -0.3 is 0 Å². The first-order chi connectivity index (χ1) is 6.04. The van der Waals surface area contributed by atoms with Gasteiger partial charge in [0.2, 0.25) is 0 Å². The molecule has 0 bridgehead atoms. The normalized spacial score (nSPS) is 40.6. The Morgan fingerprint density at radius 2 is 1.62 bits per heavy atom. The van der Waals surface area contributed by atoms with E-state index in [0.29, 0.717) is 5.41 Å². The molecule has 0 aliphatic heterocycles. The fourth-order valence-electron chi connectivity index (χ4n) is 2.61. The van der Waals surface area contributed by atoms with Crippen LogP contribution < -0.4 is 0 Å². The summed E-state index contributed by atoms with van der Waals surface area (Å²) in [5.74, 6) is 0. The predicted molar refractivity (Wildman–Crippen MR) is 55.6 cm³/mol. The smallest absolute Gasteiger partial charge is 0.108 e. The van der Waals surface area contributed by atoms with Crippen LogP contribution >= 0.6 is 0 Å². The number of halogens is 1. The van der Waals surface area contributed by atoms with E-state index >= 15 is 0 Å². The molecule has 1 saturated carbocycles. The van der Waals surface area contributed by atoms with Crippen molar-refractivity contribution in [3.05, 3.63) is 0 Å². The van der Waals surface area contributed by atoms with E-state index < -0.39 is 5.67 Å². The first-order valence-corrected chi connectivity index (χ1v) is 5.72. The van der Waals surface area contributed by atoms with Crippen molar-refractivity contribution < 1.29 is 4.39 Å². The lowest BCUT2D eigenvalue weighted by Gasteiger charge is -2.41. The minimum atomic E-state index is -0.869. The van der Waals surface area contributed by atoms with Crippen LogP contribution in [0, 0.1) is 5.41 Å². The van der Waals surface area contributed by atoms with Gasteiger partial charge >= 0.3 is 0 Å². The van der Waals surface area contributed by atoms with Gasteiger partial charge in [0.1, 0.15) is 5.67 Å². The molecule has 78 valence electrons. The average molecular weight is 186 g/mol. The van der Waals surface area contributed by atoms with E-state index in [1.54, 1.807) is 6.92 Å². The van der Waals surface area contributed by atoms with E-state index in [0.717, 1.165) is 25.7 Å². The van der Waals surface area contributed by atoms with E-state index in [2.05, 4.69) is 13.8 Å². The first-order valence-electron chi connectivity index (χ1n) is 5.72. The molecule has 1 rings (SSSR count). The molecule has 1 heteroatoms. The molecule has 0 aromatic carbocycles. The zero-order valence-corrected chi connectivity index (χ0v) is 9.33. The maximum Gasteiger partial charge on any atom is 0.108 e. The van der Waals surface area contributed by atoms with Crippen molar-refractivity contribution >= 4 is 0 Å². The van der Waals surface area contributed by atoms with Crippen LogP contribution in [0.15, 0.2) is 0 Å². The summed E-state index contributed by atoms with van der Waals surface area (Å²) in [5, 5.41) is 0. The zero-order valence-electron chi connectivity index (χ0n) is 9.33. The van der Waals surface area contributed by atoms with Gasteiger partial charge in [0, 0.05) is 0 Å². The Morgan fingerprint density at radius 1 is 1.08 bits per heavy atom. The number of hydrogen-bond donors (Lipinski definition) is 0. The van der Waals surface area contributed by atoms with E-state index in [-0.39, 0.29) is 0 Å². The number of hydrogen-bond acceptors (Lipinski definition) is 0. The second kappa shape index (κ2) is 3.98. The van der Waals surface area contributed by atoms with Gasteiger partial charge in [-0.2, -0.15) is 0 Å². The fourth-order valence-corrected chi connectivity index (χ4v) is 2.61. The van der Waals surface area contributed by atoms with Gasteiger partial charge in [0.25, 0.3) is 0 Å². The molecule has 1 aliphatic rings. The summed E-state index contributed by atoms with van der Waals surface area (Å²) in [4.78, 5) is 0. The molecule has 0 spiro atoms. The lowest BCUT2D eigenvalue weighted by molar-refractivity contribution is 0.0438. The average Bonchev–Trinajstić information content (AvgIpc) is 2.10. The quantitative estimate of drug-likeness (QED) is 0.609. The highest BCUT2D eigenvalue weighted by Gasteiger charge is 2.38. The highest BCUT2D eigenvalue weighted by atomic mass is 19.1.